The Kier molecular flexibility index (Phi) is 1.64. The first-order valence-corrected chi connectivity index (χ1v) is 3.99. The van der Waals surface area contributed by atoms with Gasteiger partial charge in [0, 0.05) is 19.3 Å². The molecule has 3 nitrogen and oxygen atoms in total. The van der Waals surface area contributed by atoms with E-state index in [2.05, 4.69) is 22.2 Å². The van der Waals surface area contributed by atoms with Crippen molar-refractivity contribution in [3.63, 3.8) is 0 Å². The minimum Gasteiger partial charge on any atom is -0.304 e. The Bertz CT molecular complexity index is 112. The van der Waals surface area contributed by atoms with Crippen LogP contribution in [0.1, 0.15) is 6.42 Å². The van der Waals surface area contributed by atoms with Crippen molar-refractivity contribution in [3.05, 3.63) is 0 Å². The molecule has 0 radical (unpaired) electrons. The van der Waals surface area contributed by atoms with Crippen LogP contribution < -0.4 is 5.32 Å². The molecule has 2 heterocycles. The molecule has 1 unspecified atom stereocenters. The highest BCUT2D eigenvalue weighted by Crippen LogP contribution is 2.15. The third-order valence-corrected chi connectivity index (χ3v) is 2.43. The van der Waals surface area contributed by atoms with Gasteiger partial charge in [-0.15, -0.1) is 0 Å². The van der Waals surface area contributed by atoms with E-state index in [0.717, 1.165) is 19.4 Å². The smallest absolute Gasteiger partial charge is 0.0519 e. The first-order chi connectivity index (χ1) is 4.86. The highest BCUT2D eigenvalue weighted by molar-refractivity contribution is 4.83. The van der Waals surface area contributed by atoms with Crippen LogP contribution in [0.4, 0.5) is 0 Å². The summed E-state index contributed by atoms with van der Waals surface area (Å²) < 4.78 is 0. The van der Waals surface area contributed by atoms with Crippen LogP contribution in [-0.4, -0.2) is 49.3 Å². The van der Waals surface area contributed by atoms with E-state index in [-0.39, 0.29) is 0 Å². The van der Waals surface area contributed by atoms with Gasteiger partial charge in [-0.3, -0.25) is 9.80 Å². The molecule has 2 aliphatic rings. The molecular formula is C7H15N3. The normalized spacial score (nSPS) is 36.3. The predicted molar refractivity (Wildman–Crippen MR) is 40.6 cm³/mol. The van der Waals surface area contributed by atoms with Crippen molar-refractivity contribution in [2.24, 2.45) is 0 Å². The third-order valence-electron chi connectivity index (χ3n) is 2.43. The van der Waals surface area contributed by atoms with Crippen molar-refractivity contribution >= 4 is 0 Å². The molecule has 1 N–H and O–H groups in total. The lowest BCUT2D eigenvalue weighted by atomic mass is 10.2. The predicted octanol–water partition coefficient (Wildman–Crippen LogP) is -0.489. The second kappa shape index (κ2) is 2.49. The van der Waals surface area contributed by atoms with E-state index >= 15 is 0 Å². The third kappa shape index (κ3) is 1.05. The zero-order valence-corrected chi connectivity index (χ0v) is 6.51. The molecule has 0 aliphatic carbocycles. The molecule has 0 aromatic rings. The number of nitrogens with one attached hydrogen (secondary N) is 1. The fourth-order valence-corrected chi connectivity index (χ4v) is 1.90. The molecule has 1 atom stereocenters. The number of rotatable bonds is 0. The molecular weight excluding hydrogens is 126 g/mol. The summed E-state index contributed by atoms with van der Waals surface area (Å²) in [6.45, 7) is 4.71. The molecule has 2 saturated heterocycles. The number of fused-ring (bicyclic) bond motifs is 1. The van der Waals surface area contributed by atoms with E-state index in [1.54, 1.807) is 0 Å². The Morgan fingerprint density at radius 3 is 3.20 bits per heavy atom. The van der Waals surface area contributed by atoms with E-state index in [1.807, 2.05) is 0 Å². The van der Waals surface area contributed by atoms with Gasteiger partial charge in [0.15, 0.2) is 0 Å². The molecule has 10 heavy (non-hydrogen) atoms. The van der Waals surface area contributed by atoms with Crippen LogP contribution in [0.25, 0.3) is 0 Å². The van der Waals surface area contributed by atoms with Crippen LogP contribution in [0.15, 0.2) is 0 Å². The van der Waals surface area contributed by atoms with Gasteiger partial charge in [-0.05, 0) is 20.0 Å². The van der Waals surface area contributed by atoms with Gasteiger partial charge in [0.1, 0.15) is 0 Å². The summed E-state index contributed by atoms with van der Waals surface area (Å²) in [5.74, 6) is 0. The van der Waals surface area contributed by atoms with Gasteiger partial charge in [-0.1, -0.05) is 0 Å². The topological polar surface area (TPSA) is 18.5 Å². The lowest BCUT2D eigenvalue weighted by Crippen LogP contribution is -2.45. The van der Waals surface area contributed by atoms with Gasteiger partial charge >= 0.3 is 0 Å². The second-order valence-corrected chi connectivity index (χ2v) is 3.37. The van der Waals surface area contributed by atoms with Crippen molar-refractivity contribution in [2.45, 2.75) is 12.5 Å². The Labute approximate surface area is 62.0 Å². The monoisotopic (exact) mass is 141 g/mol. The van der Waals surface area contributed by atoms with Crippen molar-refractivity contribution in [1.82, 2.24) is 15.1 Å². The molecule has 2 fully saturated rings. The lowest BCUT2D eigenvalue weighted by molar-refractivity contribution is 0.180. The van der Waals surface area contributed by atoms with Crippen LogP contribution in [0, 0.1) is 0 Å². The Hall–Kier alpha value is -0.120. The second-order valence-electron chi connectivity index (χ2n) is 3.37. The molecule has 0 aromatic carbocycles. The Morgan fingerprint density at radius 1 is 1.50 bits per heavy atom. The van der Waals surface area contributed by atoms with Crippen molar-refractivity contribution < 1.29 is 0 Å². The molecule has 0 aromatic heterocycles. The maximum atomic E-state index is 3.38. The van der Waals surface area contributed by atoms with Gasteiger partial charge < -0.3 is 5.32 Å². The number of hydrogen-bond acceptors (Lipinski definition) is 3. The molecule has 58 valence electrons. The summed E-state index contributed by atoms with van der Waals surface area (Å²) in [4.78, 5) is 4.89. The number of nitrogens with zero attached hydrogens (tertiary/aromatic N) is 2. The molecule has 0 bridgehead atoms. The standard InChI is InChI=1S/C7H15N3/c1-9-4-7-2-3-8-5-10(7)6-9/h7-8H,2-6H2,1H3. The summed E-state index contributed by atoms with van der Waals surface area (Å²) in [5.41, 5.74) is 0. The number of hydrogen-bond donors (Lipinski definition) is 1. The van der Waals surface area contributed by atoms with Crippen LogP contribution in [0.2, 0.25) is 0 Å². The van der Waals surface area contributed by atoms with Gasteiger partial charge in [-0.2, -0.15) is 0 Å². The van der Waals surface area contributed by atoms with Gasteiger partial charge in [0.2, 0.25) is 0 Å². The summed E-state index contributed by atoms with van der Waals surface area (Å²) in [5, 5.41) is 3.38. The average Bonchev–Trinajstić information content (AvgIpc) is 2.27. The SMILES string of the molecule is CN1CC2CCNCN2C1. The zero-order valence-electron chi connectivity index (χ0n) is 6.51. The fraction of sp³-hybridized carbons (Fsp3) is 1.00. The van der Waals surface area contributed by atoms with E-state index in [1.165, 1.54) is 19.5 Å². The molecule has 2 rings (SSSR count). The van der Waals surface area contributed by atoms with Crippen molar-refractivity contribution in [1.29, 1.82) is 0 Å². The highest BCUT2D eigenvalue weighted by Gasteiger charge is 2.29. The van der Waals surface area contributed by atoms with Gasteiger partial charge in [-0.25, -0.2) is 0 Å². The average molecular weight is 141 g/mol. The fourth-order valence-electron chi connectivity index (χ4n) is 1.90. The van der Waals surface area contributed by atoms with E-state index in [9.17, 15) is 0 Å². The van der Waals surface area contributed by atoms with Crippen molar-refractivity contribution in [3.8, 4) is 0 Å². The first kappa shape index (κ1) is 6.58. The maximum absolute atomic E-state index is 3.38. The minimum atomic E-state index is 0.839. The summed E-state index contributed by atoms with van der Waals surface area (Å²) in [7, 11) is 2.19. The van der Waals surface area contributed by atoms with Crippen LogP contribution >= 0.6 is 0 Å². The van der Waals surface area contributed by atoms with E-state index in [0.29, 0.717) is 0 Å². The Morgan fingerprint density at radius 2 is 2.40 bits per heavy atom. The molecule has 0 saturated carbocycles. The highest BCUT2D eigenvalue weighted by atomic mass is 15.4. The van der Waals surface area contributed by atoms with E-state index < -0.39 is 0 Å². The lowest BCUT2D eigenvalue weighted by Gasteiger charge is -2.28. The summed E-state index contributed by atoms with van der Waals surface area (Å²) in [6, 6.07) is 0.839. The molecule has 0 spiro atoms. The first-order valence-electron chi connectivity index (χ1n) is 3.99. The molecule has 0 amide bonds. The summed E-state index contributed by atoms with van der Waals surface area (Å²) >= 11 is 0. The molecule has 3 heteroatoms. The maximum Gasteiger partial charge on any atom is 0.0519 e. The van der Waals surface area contributed by atoms with E-state index in [4.69, 9.17) is 0 Å². The number of likely N-dealkylation sites (N-methyl/N-ethyl adjacent to an activating group) is 1. The quantitative estimate of drug-likeness (QED) is 0.491. The van der Waals surface area contributed by atoms with Crippen LogP contribution in [-0.2, 0) is 0 Å². The minimum absolute atomic E-state index is 0.839. The molecule has 2 aliphatic heterocycles. The van der Waals surface area contributed by atoms with Crippen LogP contribution in [0.5, 0.6) is 0 Å². The van der Waals surface area contributed by atoms with Gasteiger partial charge in [0.25, 0.3) is 0 Å². The Balaban J connectivity index is 1.97. The van der Waals surface area contributed by atoms with Crippen LogP contribution in [0.3, 0.4) is 0 Å². The zero-order chi connectivity index (χ0) is 6.97. The summed E-state index contributed by atoms with van der Waals surface area (Å²) in [6.07, 6.45) is 1.32. The van der Waals surface area contributed by atoms with Crippen molar-refractivity contribution in [2.75, 3.05) is 33.5 Å². The largest absolute Gasteiger partial charge is 0.304 e. The van der Waals surface area contributed by atoms with Gasteiger partial charge in [0.05, 0.1) is 6.67 Å².